The van der Waals surface area contributed by atoms with Crippen LogP contribution in [0.1, 0.15) is 116 Å². The van der Waals surface area contributed by atoms with Crippen LogP contribution in [0.15, 0.2) is 4.99 Å². The number of nitrogens with zero attached hydrogens (tertiary/aromatic N) is 3. The molecule has 0 radical (unpaired) electrons. The molecule has 2 N–H and O–H groups in total. The summed E-state index contributed by atoms with van der Waals surface area (Å²) in [7, 11) is 0. The van der Waals surface area contributed by atoms with Crippen LogP contribution in [0.3, 0.4) is 0 Å². The van der Waals surface area contributed by atoms with E-state index in [0.29, 0.717) is 43.5 Å². The first-order valence-electron chi connectivity index (χ1n) is 15.6. The smallest absolute Gasteiger partial charge is 0.310 e. The van der Waals surface area contributed by atoms with Gasteiger partial charge in [0, 0.05) is 26.0 Å². The molecular weight excluding hydrogens is 539 g/mol. The molecule has 1 aromatic heterocycles. The van der Waals surface area contributed by atoms with E-state index in [9.17, 15) is 19.1 Å². The number of fused-ring (bicyclic) bond motifs is 1. The largest absolute Gasteiger partial charge is 0.458 e. The van der Waals surface area contributed by atoms with E-state index in [0.717, 1.165) is 19.3 Å². The molecule has 1 saturated heterocycles. The quantitative estimate of drug-likeness (QED) is 0.0994. The number of amides is 1. The number of ether oxygens (including phenoxy) is 2. The van der Waals surface area contributed by atoms with Gasteiger partial charge in [-0.25, -0.2) is 4.98 Å². The first-order valence-corrected chi connectivity index (χ1v) is 15.6. The zero-order valence-corrected chi connectivity index (χ0v) is 25.2. The van der Waals surface area contributed by atoms with Crippen molar-refractivity contribution in [3.8, 4) is 12.3 Å². The highest BCUT2D eigenvalue weighted by Gasteiger charge is 2.50. The highest BCUT2D eigenvalue weighted by atomic mass is 19.1. The summed E-state index contributed by atoms with van der Waals surface area (Å²) in [6.07, 6.45) is 20.8. The Kier molecular flexibility index (Phi) is 13.8. The number of unbranched alkanes of at least 4 members (excludes halogenated alkanes) is 10. The second kappa shape index (κ2) is 17.3. The van der Waals surface area contributed by atoms with E-state index in [-0.39, 0.29) is 23.7 Å². The Morgan fingerprint density at radius 3 is 2.43 bits per heavy atom. The Labute approximate surface area is 249 Å². The van der Waals surface area contributed by atoms with Crippen molar-refractivity contribution in [3.63, 3.8) is 0 Å². The van der Waals surface area contributed by atoms with Crippen molar-refractivity contribution in [1.29, 1.82) is 0 Å². The van der Waals surface area contributed by atoms with Crippen molar-refractivity contribution < 1.29 is 28.6 Å². The van der Waals surface area contributed by atoms with Crippen molar-refractivity contribution in [2.45, 2.75) is 134 Å². The van der Waals surface area contributed by atoms with Gasteiger partial charge in [-0.15, -0.1) is 6.42 Å². The van der Waals surface area contributed by atoms with Gasteiger partial charge in [0.2, 0.25) is 5.91 Å². The van der Waals surface area contributed by atoms with E-state index in [1.807, 2.05) is 0 Å². The molecule has 1 unspecified atom stereocenters. The van der Waals surface area contributed by atoms with Crippen LogP contribution in [0.5, 0.6) is 0 Å². The summed E-state index contributed by atoms with van der Waals surface area (Å²) in [5, 5.41) is 12.6. The average molecular weight is 587 g/mol. The zero-order valence-electron chi connectivity index (χ0n) is 25.2. The van der Waals surface area contributed by atoms with Crippen LogP contribution >= 0.6 is 0 Å². The number of esters is 1. The predicted molar refractivity (Wildman–Crippen MR) is 160 cm³/mol. The van der Waals surface area contributed by atoms with Crippen LogP contribution in [0, 0.1) is 24.3 Å². The highest BCUT2D eigenvalue weighted by Crippen LogP contribution is 2.37. The normalized spacial score (nSPS) is 23.2. The standard InChI is InChI=1S/C32H47FN4O5/c1-4-6-7-8-9-10-11-12-13-14-15-16-28(40)36-30-29-26(35-31(33)37-30)18-17-24(21-34-29)19-25-20-27(41-23(3)39)32(5-2,22-38)42-25/h2,21,24-25,27,38H,4,6-20,22H2,1,3H3,(H,35,36,37,40)/t24?,25-,27-,32+/m0/s1. The molecule has 3 rings (SSSR count). The molecule has 42 heavy (non-hydrogen) atoms. The van der Waals surface area contributed by atoms with Crippen LogP contribution in [0.25, 0.3) is 0 Å². The Morgan fingerprint density at radius 1 is 1.14 bits per heavy atom. The molecule has 2 aliphatic rings. The third-order valence-electron chi connectivity index (χ3n) is 8.09. The van der Waals surface area contributed by atoms with Gasteiger partial charge in [-0.05, 0) is 31.6 Å². The minimum absolute atomic E-state index is 0.0719. The molecule has 0 aromatic carbocycles. The SMILES string of the molecule is C#C[C@]1(CO)O[C@@H](CC2C=Nc3c(nc(F)nc3NC(=O)CCCCCCCCCCCCC)CC2)C[C@@H]1OC(C)=O. The van der Waals surface area contributed by atoms with Gasteiger partial charge in [0.1, 0.15) is 11.8 Å². The summed E-state index contributed by atoms with van der Waals surface area (Å²) >= 11 is 0. The van der Waals surface area contributed by atoms with Crippen molar-refractivity contribution in [3.05, 3.63) is 11.8 Å². The van der Waals surface area contributed by atoms with Gasteiger partial charge >= 0.3 is 12.0 Å². The molecule has 10 heteroatoms. The zero-order chi connectivity index (χ0) is 30.4. The number of aliphatic hydroxyl groups is 1. The summed E-state index contributed by atoms with van der Waals surface area (Å²) < 4.78 is 25.6. The fourth-order valence-electron chi connectivity index (χ4n) is 5.76. The molecule has 232 valence electrons. The van der Waals surface area contributed by atoms with E-state index in [1.165, 1.54) is 58.3 Å². The summed E-state index contributed by atoms with van der Waals surface area (Å²) in [5.41, 5.74) is -0.587. The average Bonchev–Trinajstić information content (AvgIpc) is 3.16. The van der Waals surface area contributed by atoms with Gasteiger partial charge in [-0.3, -0.25) is 14.6 Å². The molecule has 0 spiro atoms. The number of aliphatic imine (C=N–C) groups is 1. The molecule has 1 aromatic rings. The monoisotopic (exact) mass is 586 g/mol. The van der Waals surface area contributed by atoms with Gasteiger partial charge in [0.05, 0.1) is 18.4 Å². The maximum atomic E-state index is 14.3. The van der Waals surface area contributed by atoms with Gasteiger partial charge in [0.15, 0.2) is 11.4 Å². The van der Waals surface area contributed by atoms with E-state index >= 15 is 0 Å². The van der Waals surface area contributed by atoms with Crippen LogP contribution in [0.4, 0.5) is 15.9 Å². The Morgan fingerprint density at radius 2 is 1.81 bits per heavy atom. The number of carbonyl (C=O) groups is 2. The second-order valence-electron chi connectivity index (χ2n) is 11.5. The fourth-order valence-corrected chi connectivity index (χ4v) is 5.76. The topological polar surface area (TPSA) is 123 Å². The molecule has 2 aliphatic heterocycles. The molecule has 0 saturated carbocycles. The lowest BCUT2D eigenvalue weighted by Gasteiger charge is -2.26. The first kappa shape index (κ1) is 33.6. The summed E-state index contributed by atoms with van der Waals surface area (Å²) in [6.45, 7) is 3.05. The molecule has 0 bridgehead atoms. The van der Waals surface area contributed by atoms with Gasteiger partial charge in [-0.2, -0.15) is 9.37 Å². The van der Waals surface area contributed by atoms with Crippen molar-refractivity contribution in [2.75, 3.05) is 11.9 Å². The van der Waals surface area contributed by atoms with Crippen LogP contribution in [-0.4, -0.2) is 57.6 Å². The Hall–Kier alpha value is -2.90. The number of hydrogen-bond donors (Lipinski definition) is 2. The fraction of sp³-hybridized carbons (Fsp3) is 0.719. The van der Waals surface area contributed by atoms with Crippen molar-refractivity contribution >= 4 is 29.6 Å². The Bertz CT molecular complexity index is 1110. The van der Waals surface area contributed by atoms with Gasteiger partial charge < -0.3 is 19.9 Å². The van der Waals surface area contributed by atoms with Crippen LogP contribution in [-0.2, 0) is 25.5 Å². The van der Waals surface area contributed by atoms with Crippen LogP contribution in [0.2, 0.25) is 0 Å². The number of anilines is 1. The summed E-state index contributed by atoms with van der Waals surface area (Å²) in [5.74, 6) is 1.76. The van der Waals surface area contributed by atoms with Crippen molar-refractivity contribution in [2.24, 2.45) is 10.9 Å². The molecule has 4 atom stereocenters. The molecule has 1 amide bonds. The lowest BCUT2D eigenvalue weighted by molar-refractivity contribution is -0.155. The molecule has 9 nitrogen and oxygen atoms in total. The number of hydrogen-bond acceptors (Lipinski definition) is 8. The molecule has 0 aliphatic carbocycles. The van der Waals surface area contributed by atoms with E-state index in [1.54, 1.807) is 6.21 Å². The molecule has 1 fully saturated rings. The van der Waals surface area contributed by atoms with Crippen molar-refractivity contribution in [1.82, 2.24) is 9.97 Å². The summed E-state index contributed by atoms with van der Waals surface area (Å²) in [4.78, 5) is 36.5. The third-order valence-corrected chi connectivity index (χ3v) is 8.09. The third kappa shape index (κ3) is 10.1. The number of halogens is 1. The number of aryl methyl sites for hydroxylation is 1. The number of aliphatic hydroxyl groups excluding tert-OH is 1. The van der Waals surface area contributed by atoms with E-state index in [2.05, 4.69) is 33.1 Å². The van der Waals surface area contributed by atoms with E-state index < -0.39 is 30.4 Å². The first-order chi connectivity index (χ1) is 20.3. The lowest BCUT2D eigenvalue weighted by Crippen LogP contribution is -2.44. The lowest BCUT2D eigenvalue weighted by atomic mass is 9.93. The van der Waals surface area contributed by atoms with E-state index in [4.69, 9.17) is 15.9 Å². The maximum Gasteiger partial charge on any atom is 0.310 e. The Balaban J connectivity index is 1.48. The predicted octanol–water partition coefficient (Wildman–Crippen LogP) is 6.00. The van der Waals surface area contributed by atoms with Crippen LogP contribution < -0.4 is 5.32 Å². The van der Waals surface area contributed by atoms with Gasteiger partial charge in [-0.1, -0.05) is 77.1 Å². The number of carbonyl (C=O) groups excluding carboxylic acids is 2. The summed E-state index contributed by atoms with van der Waals surface area (Å²) in [6, 6.07) is 0. The number of rotatable bonds is 17. The minimum Gasteiger partial charge on any atom is -0.458 e. The number of aromatic nitrogens is 2. The molecule has 3 heterocycles. The highest BCUT2D eigenvalue weighted by molar-refractivity contribution is 5.93. The molecular formula is C32H47FN4O5. The second-order valence-corrected chi connectivity index (χ2v) is 11.5. The van der Waals surface area contributed by atoms with Gasteiger partial charge in [0.25, 0.3) is 0 Å². The maximum absolute atomic E-state index is 14.3. The minimum atomic E-state index is -1.39. The number of terminal acetylenes is 1. The number of nitrogens with one attached hydrogen (secondary N) is 1.